The standard InChI is InChI=1S/C30H44BN4/c1-27(2)23-13-15-29(27,5)25-21(23)17-34(32-25)31(19-9-7-10-20(31)12-8-11-19)35-18-22-24-14-16-30(6,26(22)33-35)28(24,3)4/h17-20,23-24H,7-16H2,1-6H3/q-1/t19?,20?,23-,24+,29+,30-,31?. The van der Waals surface area contributed by atoms with Gasteiger partial charge in [-0.25, -0.2) is 10.2 Å². The Balaban J connectivity index is 1.34. The molecule has 6 bridgehead atoms. The third kappa shape index (κ3) is 2.08. The third-order valence-corrected chi connectivity index (χ3v) is 14.3. The molecule has 35 heavy (non-hydrogen) atoms. The van der Waals surface area contributed by atoms with Gasteiger partial charge in [0.15, 0.2) is 0 Å². The van der Waals surface area contributed by atoms with E-state index in [1.165, 1.54) is 75.6 Å². The first-order valence-electron chi connectivity index (χ1n) is 14.9. The summed E-state index contributed by atoms with van der Waals surface area (Å²) in [6.45, 7) is 15.0. The molecular weight excluding hydrogens is 427 g/mol. The SMILES string of the molecule is CC1(C)[C@@H]2CC[C@@]1(C)c1nn([B-]3(n4cc5c(n4)[C@@]4(C)CC[C@@H]5C4(C)C)C4CCCC3CCC4)cc12. The highest BCUT2D eigenvalue weighted by Crippen LogP contribution is 2.69. The largest absolute Gasteiger partial charge is 0.422 e. The van der Waals surface area contributed by atoms with Crippen LogP contribution in [-0.2, 0) is 10.8 Å². The van der Waals surface area contributed by atoms with E-state index in [1.807, 2.05) is 0 Å². The molecule has 4 heterocycles. The van der Waals surface area contributed by atoms with Crippen molar-refractivity contribution in [3.63, 3.8) is 0 Å². The average molecular weight is 472 g/mol. The summed E-state index contributed by atoms with van der Waals surface area (Å²) in [5.74, 6) is 2.76. The van der Waals surface area contributed by atoms with E-state index in [9.17, 15) is 0 Å². The van der Waals surface area contributed by atoms with Gasteiger partial charge in [-0.05, 0) is 71.9 Å². The molecule has 4 aliphatic carbocycles. The molecule has 5 heteroatoms. The molecule has 4 nitrogen and oxygen atoms in total. The Labute approximate surface area is 211 Å². The second-order valence-corrected chi connectivity index (χ2v) is 15.4. The molecule has 2 aromatic rings. The quantitative estimate of drug-likeness (QED) is 0.429. The molecule has 8 rings (SSSR count). The number of hydrogen-bond acceptors (Lipinski definition) is 2. The second-order valence-electron chi connectivity index (χ2n) is 15.4. The van der Waals surface area contributed by atoms with Crippen molar-refractivity contribution in [1.29, 1.82) is 0 Å². The summed E-state index contributed by atoms with van der Waals surface area (Å²) in [7, 11) is 0. The number of hydrogen-bond donors (Lipinski definition) is 0. The second kappa shape index (κ2) is 6.13. The Bertz CT molecular complexity index is 1150. The van der Waals surface area contributed by atoms with Crippen LogP contribution in [0.25, 0.3) is 0 Å². The molecule has 0 amide bonds. The Kier molecular flexibility index (Phi) is 3.78. The smallest absolute Gasteiger partial charge is 0.232 e. The van der Waals surface area contributed by atoms with E-state index in [-0.39, 0.29) is 10.8 Å². The molecule has 4 atom stereocenters. The highest BCUT2D eigenvalue weighted by Gasteiger charge is 2.63. The summed E-state index contributed by atoms with van der Waals surface area (Å²) in [5, 5.41) is 11.3. The molecule has 188 valence electrons. The molecule has 0 radical (unpaired) electrons. The van der Waals surface area contributed by atoms with Gasteiger partial charge in [-0.1, -0.05) is 80.1 Å². The van der Waals surface area contributed by atoms with Crippen LogP contribution < -0.4 is 0 Å². The minimum atomic E-state index is -1.04. The van der Waals surface area contributed by atoms with Crippen molar-refractivity contribution in [2.24, 2.45) is 10.8 Å². The molecule has 0 N–H and O–H groups in total. The molecule has 0 aromatic carbocycles. The van der Waals surface area contributed by atoms with Gasteiger partial charge in [0.05, 0.1) is 11.4 Å². The summed E-state index contributed by atoms with van der Waals surface area (Å²) in [6.07, 6.45) is 17.5. The van der Waals surface area contributed by atoms with Crippen LogP contribution in [0, 0.1) is 10.8 Å². The maximum Gasteiger partial charge on any atom is 0.232 e. The molecular formula is C30H44BN4-. The van der Waals surface area contributed by atoms with E-state index in [1.54, 1.807) is 11.1 Å². The lowest BCUT2D eigenvalue weighted by atomic mass is 9.24. The van der Waals surface area contributed by atoms with Crippen LogP contribution in [0.2, 0.25) is 11.6 Å². The lowest BCUT2D eigenvalue weighted by Gasteiger charge is -2.59. The van der Waals surface area contributed by atoms with Crippen molar-refractivity contribution in [2.45, 2.75) is 140 Å². The summed E-state index contributed by atoms with van der Waals surface area (Å²) >= 11 is 0. The normalized spacial score (nSPS) is 45.7. The number of nitrogens with zero attached hydrogens (tertiary/aromatic N) is 4. The van der Waals surface area contributed by atoms with Crippen LogP contribution in [0.5, 0.6) is 0 Å². The number of rotatable bonds is 2. The molecule has 0 unspecified atom stereocenters. The number of fused-ring (bicyclic) bond motifs is 12. The molecule has 2 saturated carbocycles. The first-order valence-corrected chi connectivity index (χ1v) is 14.9. The fourth-order valence-electron chi connectivity index (χ4n) is 11.5. The van der Waals surface area contributed by atoms with Gasteiger partial charge in [-0.3, -0.25) is 0 Å². The Morgan fingerprint density at radius 3 is 1.43 bits per heavy atom. The minimum absolute atomic E-state index is 0.224. The zero-order chi connectivity index (χ0) is 24.2. The van der Waals surface area contributed by atoms with E-state index in [2.05, 4.69) is 63.1 Å². The summed E-state index contributed by atoms with van der Waals surface area (Å²) in [5.41, 5.74) is 7.16. The van der Waals surface area contributed by atoms with Gasteiger partial charge in [0, 0.05) is 10.8 Å². The average Bonchev–Trinajstić information content (AvgIpc) is 3.57. The van der Waals surface area contributed by atoms with E-state index >= 15 is 0 Å². The van der Waals surface area contributed by atoms with Gasteiger partial charge in [0.1, 0.15) is 0 Å². The van der Waals surface area contributed by atoms with E-state index in [4.69, 9.17) is 10.2 Å². The lowest BCUT2D eigenvalue weighted by molar-refractivity contribution is 0.223. The molecule has 2 saturated heterocycles. The van der Waals surface area contributed by atoms with Crippen LogP contribution in [0.15, 0.2) is 12.4 Å². The predicted octanol–water partition coefficient (Wildman–Crippen LogP) is 7.38. The first kappa shape index (κ1) is 21.6. The minimum Gasteiger partial charge on any atom is -0.422 e. The fourth-order valence-corrected chi connectivity index (χ4v) is 11.5. The highest BCUT2D eigenvalue weighted by molar-refractivity contribution is 6.79. The molecule has 2 aliphatic heterocycles. The summed E-state index contributed by atoms with van der Waals surface area (Å²) in [6, 6.07) is 0. The van der Waals surface area contributed by atoms with Gasteiger partial charge in [0.25, 0.3) is 0 Å². The topological polar surface area (TPSA) is 35.6 Å². The maximum atomic E-state index is 5.66. The third-order valence-electron chi connectivity index (χ3n) is 14.3. The van der Waals surface area contributed by atoms with Crippen molar-refractivity contribution in [1.82, 2.24) is 19.4 Å². The summed E-state index contributed by atoms with van der Waals surface area (Å²) < 4.78 is 5.17. The van der Waals surface area contributed by atoms with Crippen molar-refractivity contribution in [2.75, 3.05) is 0 Å². The zero-order valence-electron chi connectivity index (χ0n) is 22.9. The highest BCUT2D eigenvalue weighted by atomic mass is 15.4. The van der Waals surface area contributed by atoms with Crippen LogP contribution in [0.1, 0.15) is 140 Å². The van der Waals surface area contributed by atoms with Gasteiger partial charge >= 0.3 is 0 Å². The van der Waals surface area contributed by atoms with Crippen LogP contribution >= 0.6 is 0 Å². The zero-order valence-corrected chi connectivity index (χ0v) is 22.9. The first-order chi connectivity index (χ1) is 16.6. The lowest BCUT2D eigenvalue weighted by Crippen LogP contribution is -2.62. The molecule has 2 aromatic heterocycles. The van der Waals surface area contributed by atoms with Crippen LogP contribution in [0.3, 0.4) is 0 Å². The molecule has 0 spiro atoms. The predicted molar refractivity (Wildman–Crippen MR) is 142 cm³/mol. The van der Waals surface area contributed by atoms with Gasteiger partial charge in [0.2, 0.25) is 6.42 Å². The van der Waals surface area contributed by atoms with E-state index in [0.29, 0.717) is 34.3 Å². The fraction of sp³-hybridized carbons (Fsp3) is 0.800. The van der Waals surface area contributed by atoms with Crippen molar-refractivity contribution in [3.8, 4) is 0 Å². The monoisotopic (exact) mass is 471 g/mol. The van der Waals surface area contributed by atoms with Crippen molar-refractivity contribution in [3.05, 3.63) is 34.9 Å². The van der Waals surface area contributed by atoms with Gasteiger partial charge in [-0.15, -0.1) is 11.6 Å². The van der Waals surface area contributed by atoms with Gasteiger partial charge in [-0.2, -0.15) is 0 Å². The molecule has 6 aliphatic rings. The Morgan fingerprint density at radius 2 is 1.06 bits per heavy atom. The van der Waals surface area contributed by atoms with Crippen LogP contribution in [0.4, 0.5) is 0 Å². The van der Waals surface area contributed by atoms with Gasteiger partial charge < -0.3 is 9.19 Å². The van der Waals surface area contributed by atoms with Crippen molar-refractivity contribution < 1.29 is 0 Å². The van der Waals surface area contributed by atoms with E-state index < -0.39 is 6.42 Å². The Morgan fingerprint density at radius 1 is 0.657 bits per heavy atom. The van der Waals surface area contributed by atoms with E-state index in [0.717, 1.165) is 0 Å². The Hall–Kier alpha value is -1.52. The molecule has 4 fully saturated rings. The van der Waals surface area contributed by atoms with Crippen LogP contribution in [-0.4, -0.2) is 25.8 Å². The van der Waals surface area contributed by atoms with Crippen molar-refractivity contribution >= 4 is 6.42 Å². The number of aromatic nitrogens is 4. The maximum absolute atomic E-state index is 5.66. The summed E-state index contributed by atoms with van der Waals surface area (Å²) in [4.78, 5) is 0.